The summed E-state index contributed by atoms with van der Waals surface area (Å²) in [5.74, 6) is 1.49. The van der Waals surface area contributed by atoms with Gasteiger partial charge in [-0.15, -0.1) is 0 Å². The zero-order valence-electron chi connectivity index (χ0n) is 15.6. The SMILES string of the molecule is CNc1ccc(N)c(C(=N)c2ccc(OCC3CCN(C)CC3)cc2)c1. The minimum absolute atomic E-state index is 0.418. The minimum atomic E-state index is 0.418. The van der Waals surface area contributed by atoms with Crippen LogP contribution >= 0.6 is 0 Å². The third kappa shape index (κ3) is 4.35. The molecule has 0 amide bonds. The molecule has 1 heterocycles. The second-order valence-electron chi connectivity index (χ2n) is 7.01. The van der Waals surface area contributed by atoms with Crippen LogP contribution in [0.1, 0.15) is 24.0 Å². The van der Waals surface area contributed by atoms with Crippen molar-refractivity contribution < 1.29 is 4.74 Å². The standard InChI is InChI=1S/C21H28N4O/c1-24-17-5-8-20(22)19(13-17)21(23)16-3-6-18(7-4-16)26-14-15-9-11-25(2)12-10-15/h3-8,13,15,23-24H,9-12,14,22H2,1-2H3. The van der Waals surface area contributed by atoms with E-state index in [2.05, 4.69) is 17.3 Å². The number of hydrogen-bond acceptors (Lipinski definition) is 5. The highest BCUT2D eigenvalue weighted by Gasteiger charge is 2.17. The second kappa shape index (κ2) is 8.23. The molecule has 5 heteroatoms. The van der Waals surface area contributed by atoms with Gasteiger partial charge in [-0.2, -0.15) is 0 Å². The van der Waals surface area contributed by atoms with Crippen LogP contribution in [0.2, 0.25) is 0 Å². The lowest BCUT2D eigenvalue weighted by atomic mass is 9.98. The van der Waals surface area contributed by atoms with Crippen LogP contribution in [0.4, 0.5) is 11.4 Å². The lowest BCUT2D eigenvalue weighted by Gasteiger charge is -2.28. The number of nitrogen functional groups attached to an aromatic ring is 1. The lowest BCUT2D eigenvalue weighted by molar-refractivity contribution is 0.160. The Morgan fingerprint density at radius 1 is 1.19 bits per heavy atom. The van der Waals surface area contributed by atoms with Crippen LogP contribution in [0.5, 0.6) is 5.75 Å². The number of piperidine rings is 1. The van der Waals surface area contributed by atoms with Crippen molar-refractivity contribution >= 4 is 17.1 Å². The molecule has 1 aliphatic heterocycles. The Hall–Kier alpha value is -2.53. The molecule has 0 aliphatic carbocycles. The van der Waals surface area contributed by atoms with Crippen molar-refractivity contribution in [1.29, 1.82) is 5.41 Å². The molecule has 3 rings (SSSR count). The quantitative estimate of drug-likeness (QED) is 0.550. The zero-order chi connectivity index (χ0) is 18.5. The molecule has 1 saturated heterocycles. The van der Waals surface area contributed by atoms with E-state index in [0.717, 1.165) is 42.3 Å². The lowest BCUT2D eigenvalue weighted by Crippen LogP contribution is -2.32. The number of rotatable bonds is 6. The molecule has 0 atom stereocenters. The van der Waals surface area contributed by atoms with Crippen LogP contribution in [0.3, 0.4) is 0 Å². The molecule has 0 aromatic heterocycles. The molecular formula is C21H28N4O. The first-order valence-electron chi connectivity index (χ1n) is 9.15. The van der Waals surface area contributed by atoms with Gasteiger partial charge in [-0.1, -0.05) is 0 Å². The molecule has 5 nitrogen and oxygen atoms in total. The van der Waals surface area contributed by atoms with Gasteiger partial charge in [0.2, 0.25) is 0 Å². The number of likely N-dealkylation sites (tertiary alicyclic amines) is 1. The number of anilines is 2. The fourth-order valence-corrected chi connectivity index (χ4v) is 3.24. The van der Waals surface area contributed by atoms with Crippen molar-refractivity contribution in [3.05, 3.63) is 53.6 Å². The van der Waals surface area contributed by atoms with Gasteiger partial charge in [-0.25, -0.2) is 0 Å². The van der Waals surface area contributed by atoms with Gasteiger partial charge in [-0.05, 0) is 81.4 Å². The first-order valence-corrected chi connectivity index (χ1v) is 9.15. The van der Waals surface area contributed by atoms with Crippen molar-refractivity contribution in [2.24, 2.45) is 5.92 Å². The summed E-state index contributed by atoms with van der Waals surface area (Å²) in [5, 5.41) is 11.6. The highest BCUT2D eigenvalue weighted by atomic mass is 16.5. The molecule has 2 aromatic rings. The van der Waals surface area contributed by atoms with E-state index < -0.39 is 0 Å². The van der Waals surface area contributed by atoms with Gasteiger partial charge in [-0.3, -0.25) is 5.41 Å². The molecule has 0 spiro atoms. The predicted molar refractivity (Wildman–Crippen MR) is 108 cm³/mol. The van der Waals surface area contributed by atoms with Crippen LogP contribution in [0.25, 0.3) is 0 Å². The Morgan fingerprint density at radius 3 is 2.54 bits per heavy atom. The normalized spacial score (nSPS) is 15.6. The van der Waals surface area contributed by atoms with E-state index >= 15 is 0 Å². The Balaban J connectivity index is 1.63. The summed E-state index contributed by atoms with van der Waals surface area (Å²) in [4.78, 5) is 2.37. The Labute approximate surface area is 155 Å². The van der Waals surface area contributed by atoms with E-state index in [1.807, 2.05) is 49.5 Å². The summed E-state index contributed by atoms with van der Waals surface area (Å²) >= 11 is 0. The predicted octanol–water partition coefficient (Wildman–Crippen LogP) is 3.45. The van der Waals surface area contributed by atoms with E-state index in [1.165, 1.54) is 12.8 Å². The molecule has 0 bridgehead atoms. The molecule has 0 unspecified atom stereocenters. The fraction of sp³-hybridized carbons (Fsp3) is 0.381. The molecule has 2 aromatic carbocycles. The number of nitrogens with two attached hydrogens (primary N) is 1. The van der Waals surface area contributed by atoms with Crippen molar-refractivity contribution in [2.45, 2.75) is 12.8 Å². The highest BCUT2D eigenvalue weighted by Crippen LogP contribution is 2.23. The van der Waals surface area contributed by atoms with E-state index in [9.17, 15) is 0 Å². The molecule has 0 saturated carbocycles. The van der Waals surface area contributed by atoms with Crippen LogP contribution < -0.4 is 15.8 Å². The first kappa shape index (κ1) is 18.3. The Kier molecular flexibility index (Phi) is 5.78. The third-order valence-corrected chi connectivity index (χ3v) is 5.08. The van der Waals surface area contributed by atoms with Gasteiger partial charge < -0.3 is 20.7 Å². The van der Waals surface area contributed by atoms with Gasteiger partial charge >= 0.3 is 0 Å². The average Bonchev–Trinajstić information content (AvgIpc) is 2.68. The highest BCUT2D eigenvalue weighted by molar-refractivity contribution is 6.14. The van der Waals surface area contributed by atoms with Gasteiger partial charge in [0.25, 0.3) is 0 Å². The van der Waals surface area contributed by atoms with Gasteiger partial charge in [0.15, 0.2) is 0 Å². The van der Waals surface area contributed by atoms with Crippen LogP contribution in [0.15, 0.2) is 42.5 Å². The molecular weight excluding hydrogens is 324 g/mol. The van der Waals surface area contributed by atoms with Crippen LogP contribution in [0, 0.1) is 11.3 Å². The van der Waals surface area contributed by atoms with Gasteiger partial charge in [0, 0.05) is 29.5 Å². The Morgan fingerprint density at radius 2 is 1.88 bits per heavy atom. The van der Waals surface area contributed by atoms with Gasteiger partial charge in [0.05, 0.1) is 12.3 Å². The number of benzene rings is 2. The number of hydrogen-bond donors (Lipinski definition) is 3. The molecule has 138 valence electrons. The summed E-state index contributed by atoms with van der Waals surface area (Å²) in [6.07, 6.45) is 2.39. The molecule has 4 N–H and O–H groups in total. The third-order valence-electron chi connectivity index (χ3n) is 5.08. The first-order chi connectivity index (χ1) is 12.6. The minimum Gasteiger partial charge on any atom is -0.493 e. The molecule has 1 aliphatic rings. The van der Waals surface area contributed by atoms with Gasteiger partial charge in [0.1, 0.15) is 5.75 Å². The topological polar surface area (TPSA) is 74.4 Å². The van der Waals surface area contributed by atoms with E-state index in [0.29, 0.717) is 17.3 Å². The molecule has 1 fully saturated rings. The summed E-state index contributed by atoms with van der Waals surface area (Å²) < 4.78 is 5.96. The summed E-state index contributed by atoms with van der Waals surface area (Å²) in [6.45, 7) is 3.07. The zero-order valence-corrected chi connectivity index (χ0v) is 15.6. The largest absolute Gasteiger partial charge is 0.493 e. The maximum Gasteiger partial charge on any atom is 0.119 e. The Bertz CT molecular complexity index is 749. The van der Waals surface area contributed by atoms with Crippen LogP contribution in [-0.2, 0) is 0 Å². The summed E-state index contributed by atoms with van der Waals surface area (Å²) in [7, 11) is 4.03. The maximum atomic E-state index is 8.48. The van der Waals surface area contributed by atoms with E-state index in [4.69, 9.17) is 15.9 Å². The maximum absolute atomic E-state index is 8.48. The monoisotopic (exact) mass is 352 g/mol. The van der Waals surface area contributed by atoms with Crippen molar-refractivity contribution in [1.82, 2.24) is 4.90 Å². The second-order valence-corrected chi connectivity index (χ2v) is 7.01. The average molecular weight is 352 g/mol. The molecule has 26 heavy (non-hydrogen) atoms. The van der Waals surface area contributed by atoms with Crippen molar-refractivity contribution in [3.63, 3.8) is 0 Å². The fourth-order valence-electron chi connectivity index (χ4n) is 3.24. The van der Waals surface area contributed by atoms with E-state index in [1.54, 1.807) is 0 Å². The van der Waals surface area contributed by atoms with Crippen molar-refractivity contribution in [3.8, 4) is 5.75 Å². The summed E-state index contributed by atoms with van der Waals surface area (Å²) in [5.41, 5.74) is 9.59. The molecule has 0 radical (unpaired) electrons. The number of nitrogens with zero attached hydrogens (tertiary/aromatic N) is 1. The van der Waals surface area contributed by atoms with Crippen LogP contribution in [-0.4, -0.2) is 44.4 Å². The smallest absolute Gasteiger partial charge is 0.119 e. The summed E-state index contributed by atoms with van der Waals surface area (Å²) in [6, 6.07) is 13.4. The van der Waals surface area contributed by atoms with E-state index in [-0.39, 0.29) is 0 Å². The number of ether oxygens (including phenoxy) is 1. The number of nitrogens with one attached hydrogen (secondary N) is 2. The van der Waals surface area contributed by atoms with Crippen molar-refractivity contribution in [2.75, 3.05) is 44.8 Å².